The molecule has 0 saturated carbocycles. The van der Waals surface area contributed by atoms with Crippen molar-refractivity contribution in [2.45, 2.75) is 13.8 Å². The Kier molecular flexibility index (Phi) is 5.28. The Labute approximate surface area is 111 Å². The molecule has 16 heavy (non-hydrogen) atoms. The van der Waals surface area contributed by atoms with Crippen molar-refractivity contribution in [1.82, 2.24) is 0 Å². The molecule has 0 unspecified atom stereocenters. The van der Waals surface area contributed by atoms with Crippen molar-refractivity contribution < 1.29 is 14.3 Å². The number of aldehydes is 1. The van der Waals surface area contributed by atoms with Gasteiger partial charge in [0.15, 0.2) is 17.8 Å². The first-order valence-corrected chi connectivity index (χ1v) is 6.47. The number of halogens is 2. The SMILES string of the molecule is CCOc1cc(C=O)c(Br)c(Br)c1OCC. The van der Waals surface area contributed by atoms with E-state index in [9.17, 15) is 4.79 Å². The van der Waals surface area contributed by atoms with Gasteiger partial charge in [-0.15, -0.1) is 0 Å². The van der Waals surface area contributed by atoms with Crippen molar-refractivity contribution in [3.63, 3.8) is 0 Å². The third kappa shape index (κ3) is 2.77. The van der Waals surface area contributed by atoms with Gasteiger partial charge in [-0.2, -0.15) is 0 Å². The number of hydrogen-bond donors (Lipinski definition) is 0. The summed E-state index contributed by atoms with van der Waals surface area (Å²) in [6.45, 7) is 4.83. The van der Waals surface area contributed by atoms with Crippen LogP contribution in [0.15, 0.2) is 15.0 Å². The van der Waals surface area contributed by atoms with E-state index in [4.69, 9.17) is 9.47 Å². The van der Waals surface area contributed by atoms with Gasteiger partial charge in [-0.1, -0.05) is 0 Å². The molecule has 3 nitrogen and oxygen atoms in total. The maximum absolute atomic E-state index is 10.9. The minimum absolute atomic E-state index is 0.520. The molecule has 0 bridgehead atoms. The second-order valence-corrected chi connectivity index (χ2v) is 4.49. The molecule has 0 N–H and O–H groups in total. The van der Waals surface area contributed by atoms with Gasteiger partial charge in [-0.05, 0) is 51.8 Å². The number of ether oxygens (including phenoxy) is 2. The van der Waals surface area contributed by atoms with E-state index in [0.29, 0.717) is 39.2 Å². The van der Waals surface area contributed by atoms with E-state index in [1.807, 2.05) is 13.8 Å². The van der Waals surface area contributed by atoms with Crippen LogP contribution in [0.4, 0.5) is 0 Å². The largest absolute Gasteiger partial charge is 0.490 e. The summed E-state index contributed by atoms with van der Waals surface area (Å²) in [5.41, 5.74) is 0.527. The maximum Gasteiger partial charge on any atom is 0.176 e. The molecule has 1 rings (SSSR count). The maximum atomic E-state index is 10.9. The van der Waals surface area contributed by atoms with Crippen LogP contribution >= 0.6 is 31.9 Å². The van der Waals surface area contributed by atoms with Crippen LogP contribution in [-0.4, -0.2) is 19.5 Å². The van der Waals surface area contributed by atoms with Crippen LogP contribution in [0.2, 0.25) is 0 Å². The van der Waals surface area contributed by atoms with Crippen molar-refractivity contribution in [2.75, 3.05) is 13.2 Å². The minimum atomic E-state index is 0.520. The molecule has 88 valence electrons. The van der Waals surface area contributed by atoms with Crippen LogP contribution < -0.4 is 9.47 Å². The molecule has 0 aromatic heterocycles. The van der Waals surface area contributed by atoms with Crippen molar-refractivity contribution in [2.24, 2.45) is 0 Å². The van der Waals surface area contributed by atoms with Gasteiger partial charge in [-0.25, -0.2) is 0 Å². The number of rotatable bonds is 5. The lowest BCUT2D eigenvalue weighted by Gasteiger charge is -2.14. The highest BCUT2D eigenvalue weighted by Crippen LogP contribution is 2.42. The fourth-order valence-corrected chi connectivity index (χ4v) is 2.16. The van der Waals surface area contributed by atoms with E-state index >= 15 is 0 Å². The zero-order chi connectivity index (χ0) is 12.1. The van der Waals surface area contributed by atoms with Crippen LogP contribution in [0.1, 0.15) is 24.2 Å². The standard InChI is InChI=1S/C11H12Br2O3/c1-3-15-8-5-7(6-14)9(12)10(13)11(8)16-4-2/h5-6H,3-4H2,1-2H3. The fourth-order valence-electron chi connectivity index (χ4n) is 1.23. The first-order chi connectivity index (χ1) is 7.65. The molecule has 0 spiro atoms. The van der Waals surface area contributed by atoms with Gasteiger partial charge in [0.1, 0.15) is 0 Å². The topological polar surface area (TPSA) is 35.5 Å². The highest BCUT2D eigenvalue weighted by atomic mass is 79.9. The molecule has 0 atom stereocenters. The second-order valence-electron chi connectivity index (χ2n) is 2.90. The van der Waals surface area contributed by atoms with Gasteiger partial charge in [0.05, 0.1) is 17.7 Å². The van der Waals surface area contributed by atoms with E-state index in [0.717, 1.165) is 6.29 Å². The van der Waals surface area contributed by atoms with E-state index in [1.54, 1.807) is 6.07 Å². The molecule has 0 saturated heterocycles. The molecule has 0 radical (unpaired) electrons. The van der Waals surface area contributed by atoms with E-state index in [-0.39, 0.29) is 0 Å². The van der Waals surface area contributed by atoms with Gasteiger partial charge in [0, 0.05) is 10.0 Å². The summed E-state index contributed by atoms with van der Waals surface area (Å²) in [5.74, 6) is 1.18. The third-order valence-electron chi connectivity index (χ3n) is 1.87. The number of benzene rings is 1. The van der Waals surface area contributed by atoms with Crippen molar-refractivity contribution in [3.05, 3.63) is 20.6 Å². The normalized spacial score (nSPS) is 10.0. The Hall–Kier alpha value is -0.550. The quantitative estimate of drug-likeness (QED) is 0.756. The van der Waals surface area contributed by atoms with Gasteiger partial charge in [-0.3, -0.25) is 4.79 Å². The molecule has 1 aromatic rings. The highest BCUT2D eigenvalue weighted by molar-refractivity contribution is 9.13. The summed E-state index contributed by atoms with van der Waals surface area (Å²) >= 11 is 6.72. The number of carbonyl (C=O) groups excluding carboxylic acids is 1. The Bertz CT molecular complexity index is 391. The second kappa shape index (κ2) is 6.25. The lowest BCUT2D eigenvalue weighted by Crippen LogP contribution is -2.01. The van der Waals surface area contributed by atoms with Crippen LogP contribution in [0, 0.1) is 0 Å². The highest BCUT2D eigenvalue weighted by Gasteiger charge is 2.16. The van der Waals surface area contributed by atoms with Gasteiger partial charge in [0.25, 0.3) is 0 Å². The predicted octanol–water partition coefficient (Wildman–Crippen LogP) is 3.82. The third-order valence-corrected chi connectivity index (χ3v) is 4.01. The molecular formula is C11H12Br2O3. The first kappa shape index (κ1) is 13.5. The average molecular weight is 352 g/mol. The van der Waals surface area contributed by atoms with Crippen molar-refractivity contribution in [1.29, 1.82) is 0 Å². The predicted molar refractivity (Wildman–Crippen MR) is 69.6 cm³/mol. The summed E-state index contributed by atoms with van der Waals surface area (Å²) in [6, 6.07) is 1.66. The summed E-state index contributed by atoms with van der Waals surface area (Å²) < 4.78 is 12.3. The number of carbonyl (C=O) groups is 1. The van der Waals surface area contributed by atoms with E-state index < -0.39 is 0 Å². The van der Waals surface area contributed by atoms with Gasteiger partial charge in [0.2, 0.25) is 0 Å². The van der Waals surface area contributed by atoms with Crippen LogP contribution in [0.25, 0.3) is 0 Å². The van der Waals surface area contributed by atoms with Crippen LogP contribution in [0.3, 0.4) is 0 Å². The first-order valence-electron chi connectivity index (χ1n) is 4.88. The van der Waals surface area contributed by atoms with Crippen LogP contribution in [-0.2, 0) is 0 Å². The van der Waals surface area contributed by atoms with Crippen LogP contribution in [0.5, 0.6) is 11.5 Å². The zero-order valence-electron chi connectivity index (χ0n) is 9.05. The van der Waals surface area contributed by atoms with Gasteiger partial charge < -0.3 is 9.47 Å². The zero-order valence-corrected chi connectivity index (χ0v) is 12.2. The summed E-state index contributed by atoms with van der Waals surface area (Å²) in [7, 11) is 0. The Morgan fingerprint density at radius 1 is 1.19 bits per heavy atom. The Morgan fingerprint density at radius 2 is 1.81 bits per heavy atom. The smallest absolute Gasteiger partial charge is 0.176 e. The Balaban J connectivity index is 3.32. The summed E-state index contributed by atoms with van der Waals surface area (Å²) in [6.07, 6.45) is 0.771. The lowest BCUT2D eigenvalue weighted by atomic mass is 10.2. The summed E-state index contributed by atoms with van der Waals surface area (Å²) in [5, 5.41) is 0. The molecule has 0 amide bonds. The number of hydrogen-bond acceptors (Lipinski definition) is 3. The van der Waals surface area contributed by atoms with Crippen molar-refractivity contribution in [3.8, 4) is 11.5 Å². The molecule has 1 aromatic carbocycles. The monoisotopic (exact) mass is 350 g/mol. The Morgan fingerprint density at radius 3 is 2.31 bits per heavy atom. The van der Waals surface area contributed by atoms with Crippen molar-refractivity contribution >= 4 is 38.1 Å². The molecule has 0 aliphatic heterocycles. The minimum Gasteiger partial charge on any atom is -0.490 e. The molecule has 0 fully saturated rings. The molecule has 0 aliphatic rings. The molecule has 0 heterocycles. The fraction of sp³-hybridized carbons (Fsp3) is 0.364. The van der Waals surface area contributed by atoms with E-state index in [1.165, 1.54) is 0 Å². The average Bonchev–Trinajstić information content (AvgIpc) is 2.28. The summed E-state index contributed by atoms with van der Waals surface area (Å²) in [4.78, 5) is 10.9. The van der Waals surface area contributed by atoms with Gasteiger partial charge >= 0.3 is 0 Å². The molecule has 5 heteroatoms. The molecule has 0 aliphatic carbocycles. The lowest BCUT2D eigenvalue weighted by molar-refractivity contribution is 0.112. The molecular weight excluding hydrogens is 340 g/mol. The van der Waals surface area contributed by atoms with E-state index in [2.05, 4.69) is 31.9 Å².